The van der Waals surface area contributed by atoms with Crippen molar-refractivity contribution < 1.29 is 0 Å². The number of nitrogens with zero attached hydrogens (tertiary/aromatic N) is 2. The first-order valence-electron chi connectivity index (χ1n) is 8.99. The molecule has 0 aromatic carbocycles. The molecule has 3 heteroatoms. The zero-order chi connectivity index (χ0) is 14.7. The van der Waals surface area contributed by atoms with Crippen molar-refractivity contribution in [3.8, 4) is 0 Å². The van der Waals surface area contributed by atoms with Crippen LogP contribution in [0.2, 0.25) is 0 Å². The zero-order valence-corrected chi connectivity index (χ0v) is 13.7. The first-order chi connectivity index (χ1) is 10.3. The molecule has 118 valence electrons. The topological polar surface area (TPSA) is 29.9 Å². The Morgan fingerprint density at radius 3 is 2.81 bits per heavy atom. The van der Waals surface area contributed by atoms with Crippen molar-refractivity contribution in [1.82, 2.24) is 14.9 Å². The summed E-state index contributed by atoms with van der Waals surface area (Å²) in [7, 11) is 2.14. The molecule has 2 saturated carbocycles. The molecule has 3 nitrogen and oxygen atoms in total. The molecule has 0 bridgehead atoms. The van der Waals surface area contributed by atoms with Crippen molar-refractivity contribution in [1.29, 1.82) is 0 Å². The molecular weight excluding hydrogens is 258 g/mol. The number of aromatic nitrogens is 2. The summed E-state index contributed by atoms with van der Waals surface area (Å²) in [6, 6.07) is 0.598. The third-order valence-electron chi connectivity index (χ3n) is 6.06. The van der Waals surface area contributed by atoms with Crippen LogP contribution in [-0.4, -0.2) is 22.6 Å². The highest BCUT2D eigenvalue weighted by Crippen LogP contribution is 2.43. The second-order valence-electron chi connectivity index (χ2n) is 7.11. The smallest absolute Gasteiger partial charge is 0.110 e. The molecule has 0 spiro atoms. The molecule has 4 atom stereocenters. The van der Waals surface area contributed by atoms with Gasteiger partial charge in [0.15, 0.2) is 0 Å². The molecule has 1 N–H and O–H groups in total. The van der Waals surface area contributed by atoms with E-state index in [1.54, 1.807) is 0 Å². The summed E-state index contributed by atoms with van der Waals surface area (Å²) in [5.41, 5.74) is 0. The lowest BCUT2D eigenvalue weighted by Crippen LogP contribution is -2.41. The Bertz CT molecular complexity index is 439. The van der Waals surface area contributed by atoms with Crippen molar-refractivity contribution in [2.24, 2.45) is 17.8 Å². The van der Waals surface area contributed by atoms with Crippen molar-refractivity contribution >= 4 is 0 Å². The van der Waals surface area contributed by atoms with E-state index in [0.717, 1.165) is 30.7 Å². The minimum absolute atomic E-state index is 0.598. The quantitative estimate of drug-likeness (QED) is 0.897. The van der Waals surface area contributed by atoms with Crippen LogP contribution in [0.4, 0.5) is 0 Å². The molecule has 0 saturated heterocycles. The summed E-state index contributed by atoms with van der Waals surface area (Å²) < 4.78 is 2.29. The average molecular weight is 289 g/mol. The van der Waals surface area contributed by atoms with Gasteiger partial charge in [-0.05, 0) is 51.0 Å². The van der Waals surface area contributed by atoms with Crippen LogP contribution in [0.1, 0.15) is 57.7 Å². The van der Waals surface area contributed by atoms with E-state index in [-0.39, 0.29) is 0 Å². The largest absolute Gasteiger partial charge is 0.335 e. The van der Waals surface area contributed by atoms with E-state index in [1.807, 2.05) is 6.20 Å². The molecule has 0 radical (unpaired) electrons. The van der Waals surface area contributed by atoms with Gasteiger partial charge in [0.1, 0.15) is 5.82 Å². The molecule has 1 heterocycles. The Balaban J connectivity index is 1.63. The number of likely N-dealkylation sites (N-methyl/N-ethyl adjacent to an activating group) is 1. The van der Waals surface area contributed by atoms with Gasteiger partial charge in [-0.15, -0.1) is 0 Å². The summed E-state index contributed by atoms with van der Waals surface area (Å²) in [6.45, 7) is 3.23. The van der Waals surface area contributed by atoms with Crippen molar-refractivity contribution in [2.75, 3.05) is 7.05 Å². The van der Waals surface area contributed by atoms with Crippen LogP contribution in [0.15, 0.2) is 12.4 Å². The third kappa shape index (κ3) is 3.33. The van der Waals surface area contributed by atoms with Gasteiger partial charge in [-0.3, -0.25) is 0 Å². The fourth-order valence-electron chi connectivity index (χ4n) is 4.79. The molecular formula is C18H31N3. The van der Waals surface area contributed by atoms with Crippen LogP contribution < -0.4 is 5.32 Å². The highest BCUT2D eigenvalue weighted by molar-refractivity contribution is 4.98. The van der Waals surface area contributed by atoms with Gasteiger partial charge in [0.05, 0.1) is 0 Å². The highest BCUT2D eigenvalue weighted by Gasteiger charge is 2.35. The van der Waals surface area contributed by atoms with E-state index >= 15 is 0 Å². The van der Waals surface area contributed by atoms with Crippen LogP contribution in [0.25, 0.3) is 0 Å². The van der Waals surface area contributed by atoms with Gasteiger partial charge in [-0.1, -0.05) is 25.7 Å². The number of fused-ring (bicyclic) bond motifs is 1. The first kappa shape index (κ1) is 15.1. The Morgan fingerprint density at radius 1 is 1.24 bits per heavy atom. The summed E-state index contributed by atoms with van der Waals surface area (Å²) in [6.07, 6.45) is 15.4. The zero-order valence-electron chi connectivity index (χ0n) is 13.7. The van der Waals surface area contributed by atoms with Crippen molar-refractivity contribution in [2.45, 2.75) is 70.9 Å². The van der Waals surface area contributed by atoms with Gasteiger partial charge in [0.2, 0.25) is 0 Å². The van der Waals surface area contributed by atoms with E-state index in [0.29, 0.717) is 6.04 Å². The number of hydrogen-bond donors (Lipinski definition) is 1. The van der Waals surface area contributed by atoms with Crippen LogP contribution >= 0.6 is 0 Å². The maximum atomic E-state index is 4.57. The Labute approximate surface area is 129 Å². The Hall–Kier alpha value is -0.830. The number of imidazole rings is 1. The van der Waals surface area contributed by atoms with Crippen LogP contribution in [0, 0.1) is 17.8 Å². The molecule has 0 aliphatic heterocycles. The van der Waals surface area contributed by atoms with Gasteiger partial charge >= 0.3 is 0 Å². The van der Waals surface area contributed by atoms with Gasteiger partial charge in [-0.2, -0.15) is 0 Å². The van der Waals surface area contributed by atoms with Crippen LogP contribution in [0.5, 0.6) is 0 Å². The fraction of sp³-hybridized carbons (Fsp3) is 0.833. The molecule has 1 aromatic heterocycles. The van der Waals surface area contributed by atoms with Gasteiger partial charge in [0.25, 0.3) is 0 Å². The van der Waals surface area contributed by atoms with Crippen LogP contribution in [-0.2, 0) is 13.0 Å². The average Bonchev–Trinajstić information content (AvgIpc) is 2.99. The lowest BCUT2D eigenvalue weighted by atomic mass is 9.66. The van der Waals surface area contributed by atoms with Crippen molar-refractivity contribution in [3.63, 3.8) is 0 Å². The number of aryl methyl sites for hydroxylation is 1. The fourth-order valence-corrected chi connectivity index (χ4v) is 4.79. The predicted molar refractivity (Wildman–Crippen MR) is 87.2 cm³/mol. The summed E-state index contributed by atoms with van der Waals surface area (Å²) in [5.74, 6) is 4.16. The van der Waals surface area contributed by atoms with Crippen molar-refractivity contribution in [3.05, 3.63) is 18.2 Å². The van der Waals surface area contributed by atoms with Gasteiger partial charge < -0.3 is 9.88 Å². The standard InChI is InChI=1S/C18H31N3/c1-3-21-11-10-20-18(21)13-17(19-2)16-9-8-14-6-4-5-7-15(14)12-16/h10-11,14-17,19H,3-9,12-13H2,1-2H3. The third-order valence-corrected chi connectivity index (χ3v) is 6.06. The second-order valence-corrected chi connectivity index (χ2v) is 7.11. The maximum Gasteiger partial charge on any atom is 0.110 e. The molecule has 2 aliphatic rings. The Morgan fingerprint density at radius 2 is 2.05 bits per heavy atom. The Kier molecular flexibility index (Phi) is 4.99. The van der Waals surface area contributed by atoms with E-state index in [2.05, 4.69) is 35.0 Å². The van der Waals surface area contributed by atoms with Crippen LogP contribution in [0.3, 0.4) is 0 Å². The number of nitrogens with one attached hydrogen (secondary N) is 1. The summed E-state index contributed by atoms with van der Waals surface area (Å²) in [5, 5.41) is 3.60. The highest BCUT2D eigenvalue weighted by atomic mass is 15.1. The molecule has 3 rings (SSSR count). The second kappa shape index (κ2) is 6.95. The summed E-state index contributed by atoms with van der Waals surface area (Å²) in [4.78, 5) is 4.57. The van der Waals surface area contributed by atoms with E-state index < -0.39 is 0 Å². The summed E-state index contributed by atoms with van der Waals surface area (Å²) >= 11 is 0. The maximum absolute atomic E-state index is 4.57. The molecule has 1 aromatic rings. The monoisotopic (exact) mass is 289 g/mol. The molecule has 0 amide bonds. The SMILES string of the molecule is CCn1ccnc1CC(NC)C1CCC2CCCCC2C1. The minimum atomic E-state index is 0.598. The predicted octanol–water partition coefficient (Wildman–Crippen LogP) is 3.64. The molecule has 4 unspecified atom stereocenters. The van der Waals surface area contributed by atoms with Gasteiger partial charge in [0, 0.05) is 31.4 Å². The molecule has 2 fully saturated rings. The van der Waals surface area contributed by atoms with E-state index in [1.165, 1.54) is 50.8 Å². The molecule has 21 heavy (non-hydrogen) atoms. The van der Waals surface area contributed by atoms with Gasteiger partial charge in [-0.25, -0.2) is 4.98 Å². The lowest BCUT2D eigenvalue weighted by molar-refractivity contribution is 0.110. The lowest BCUT2D eigenvalue weighted by Gasteiger charge is -2.42. The van der Waals surface area contributed by atoms with E-state index in [4.69, 9.17) is 0 Å². The number of hydrogen-bond acceptors (Lipinski definition) is 2. The normalized spacial score (nSPS) is 30.9. The number of rotatable bonds is 5. The molecule has 2 aliphatic carbocycles. The first-order valence-corrected chi connectivity index (χ1v) is 8.99. The van der Waals surface area contributed by atoms with E-state index in [9.17, 15) is 0 Å². The minimum Gasteiger partial charge on any atom is -0.335 e.